The number of carboxylic acid groups (broad SMARTS) is 1. The standard InChI is InChI=1S/C15H16N2O4/c1-10-7-12(14(16-10)15(19)20)17-13(18)9-21-8-11-5-3-2-4-6-11/h2-7,16H,8-9H2,1H3,(H,17,18)(H,19,20). The lowest BCUT2D eigenvalue weighted by Gasteiger charge is -2.06. The minimum absolute atomic E-state index is 0.0380. The number of aromatic amines is 1. The van der Waals surface area contributed by atoms with Crippen LogP contribution in [0.25, 0.3) is 0 Å². The van der Waals surface area contributed by atoms with E-state index in [1.54, 1.807) is 13.0 Å². The summed E-state index contributed by atoms with van der Waals surface area (Å²) < 4.78 is 5.29. The van der Waals surface area contributed by atoms with Crippen molar-refractivity contribution in [1.29, 1.82) is 0 Å². The molecule has 110 valence electrons. The number of anilines is 1. The first-order valence-electron chi connectivity index (χ1n) is 6.40. The number of carbonyl (C=O) groups is 2. The van der Waals surface area contributed by atoms with Crippen molar-refractivity contribution in [3.8, 4) is 0 Å². The molecule has 0 radical (unpaired) electrons. The molecule has 0 bridgehead atoms. The zero-order chi connectivity index (χ0) is 15.2. The Morgan fingerprint density at radius 3 is 2.67 bits per heavy atom. The van der Waals surface area contributed by atoms with Gasteiger partial charge in [-0.05, 0) is 18.6 Å². The summed E-state index contributed by atoms with van der Waals surface area (Å²) in [5, 5.41) is 11.5. The Bertz CT molecular complexity index is 634. The molecular formula is C15H16N2O4. The first kappa shape index (κ1) is 14.8. The number of carbonyl (C=O) groups excluding carboxylic acids is 1. The second kappa shape index (κ2) is 6.71. The number of aromatic carboxylic acids is 1. The van der Waals surface area contributed by atoms with E-state index in [1.807, 2.05) is 30.3 Å². The number of hydrogen-bond donors (Lipinski definition) is 3. The predicted octanol–water partition coefficient (Wildman–Crippen LogP) is 2.18. The highest BCUT2D eigenvalue weighted by molar-refractivity contribution is 6.00. The SMILES string of the molecule is Cc1cc(NC(=O)COCc2ccccc2)c(C(=O)O)[nH]1. The van der Waals surface area contributed by atoms with Crippen LogP contribution in [0.5, 0.6) is 0 Å². The molecule has 6 heteroatoms. The zero-order valence-electron chi connectivity index (χ0n) is 11.6. The monoisotopic (exact) mass is 288 g/mol. The fraction of sp³-hybridized carbons (Fsp3) is 0.200. The van der Waals surface area contributed by atoms with Crippen LogP contribution >= 0.6 is 0 Å². The summed E-state index contributed by atoms with van der Waals surface area (Å²) in [5.41, 5.74) is 1.83. The van der Waals surface area contributed by atoms with Crippen molar-refractivity contribution in [1.82, 2.24) is 4.98 Å². The lowest BCUT2D eigenvalue weighted by Crippen LogP contribution is -2.19. The van der Waals surface area contributed by atoms with Crippen molar-refractivity contribution in [3.05, 3.63) is 53.3 Å². The number of aryl methyl sites for hydroxylation is 1. The normalized spacial score (nSPS) is 10.3. The molecule has 0 saturated heterocycles. The van der Waals surface area contributed by atoms with Crippen molar-refractivity contribution in [2.75, 3.05) is 11.9 Å². The maximum Gasteiger partial charge on any atom is 0.354 e. The highest BCUT2D eigenvalue weighted by atomic mass is 16.5. The van der Waals surface area contributed by atoms with Gasteiger partial charge in [-0.1, -0.05) is 30.3 Å². The molecule has 6 nitrogen and oxygen atoms in total. The Kier molecular flexibility index (Phi) is 4.73. The number of ether oxygens (including phenoxy) is 1. The van der Waals surface area contributed by atoms with Gasteiger partial charge in [0.1, 0.15) is 12.3 Å². The van der Waals surface area contributed by atoms with E-state index in [2.05, 4.69) is 10.3 Å². The summed E-state index contributed by atoms with van der Waals surface area (Å²) in [6, 6.07) is 11.0. The third-order valence-corrected chi connectivity index (χ3v) is 2.79. The van der Waals surface area contributed by atoms with E-state index in [0.29, 0.717) is 12.3 Å². The zero-order valence-corrected chi connectivity index (χ0v) is 11.6. The molecule has 1 heterocycles. The molecule has 0 fully saturated rings. The fourth-order valence-electron chi connectivity index (χ4n) is 1.88. The maximum absolute atomic E-state index is 11.7. The van der Waals surface area contributed by atoms with Crippen LogP contribution in [0.15, 0.2) is 36.4 Å². The molecule has 0 aliphatic carbocycles. The van der Waals surface area contributed by atoms with Gasteiger partial charge in [0, 0.05) is 5.69 Å². The van der Waals surface area contributed by atoms with Crippen LogP contribution in [0, 0.1) is 6.92 Å². The Balaban J connectivity index is 1.86. The number of carboxylic acids is 1. The number of benzene rings is 1. The van der Waals surface area contributed by atoms with Crippen LogP contribution in [-0.2, 0) is 16.1 Å². The van der Waals surface area contributed by atoms with E-state index in [9.17, 15) is 9.59 Å². The van der Waals surface area contributed by atoms with Gasteiger partial charge in [0.05, 0.1) is 12.3 Å². The van der Waals surface area contributed by atoms with Crippen LogP contribution in [0.2, 0.25) is 0 Å². The van der Waals surface area contributed by atoms with Gasteiger partial charge in [-0.3, -0.25) is 4.79 Å². The van der Waals surface area contributed by atoms with E-state index >= 15 is 0 Å². The molecule has 2 aromatic rings. The Hall–Kier alpha value is -2.60. The van der Waals surface area contributed by atoms with Gasteiger partial charge in [0.25, 0.3) is 0 Å². The Labute approximate surface area is 121 Å². The van der Waals surface area contributed by atoms with Crippen LogP contribution in [0.1, 0.15) is 21.7 Å². The van der Waals surface area contributed by atoms with E-state index in [4.69, 9.17) is 9.84 Å². The van der Waals surface area contributed by atoms with Gasteiger partial charge in [-0.2, -0.15) is 0 Å². The van der Waals surface area contributed by atoms with Gasteiger partial charge in [0.15, 0.2) is 0 Å². The van der Waals surface area contributed by atoms with Crippen LogP contribution < -0.4 is 5.32 Å². The summed E-state index contributed by atoms with van der Waals surface area (Å²) in [5.74, 6) is -1.52. The predicted molar refractivity (Wildman–Crippen MR) is 77.2 cm³/mol. The summed E-state index contributed by atoms with van der Waals surface area (Å²) in [4.78, 5) is 25.4. The summed E-state index contributed by atoms with van der Waals surface area (Å²) in [6.45, 7) is 1.90. The van der Waals surface area contributed by atoms with Crippen molar-refractivity contribution >= 4 is 17.6 Å². The molecule has 0 atom stereocenters. The lowest BCUT2D eigenvalue weighted by atomic mass is 10.2. The first-order valence-corrected chi connectivity index (χ1v) is 6.40. The number of rotatable bonds is 6. The van der Waals surface area contributed by atoms with Gasteiger partial charge < -0.3 is 20.1 Å². The lowest BCUT2D eigenvalue weighted by molar-refractivity contribution is -0.121. The Morgan fingerprint density at radius 1 is 1.29 bits per heavy atom. The summed E-state index contributed by atoms with van der Waals surface area (Å²) in [7, 11) is 0. The molecule has 0 spiro atoms. The van der Waals surface area contributed by atoms with E-state index in [0.717, 1.165) is 5.56 Å². The first-order chi connectivity index (χ1) is 10.1. The van der Waals surface area contributed by atoms with Crippen LogP contribution in [-0.4, -0.2) is 28.6 Å². The number of hydrogen-bond acceptors (Lipinski definition) is 3. The molecule has 3 N–H and O–H groups in total. The fourth-order valence-corrected chi connectivity index (χ4v) is 1.88. The topological polar surface area (TPSA) is 91.4 Å². The number of nitrogens with one attached hydrogen (secondary N) is 2. The molecule has 0 aliphatic heterocycles. The average Bonchev–Trinajstić information content (AvgIpc) is 2.81. The highest BCUT2D eigenvalue weighted by Crippen LogP contribution is 2.16. The number of aromatic nitrogens is 1. The van der Waals surface area contributed by atoms with E-state index in [-0.39, 0.29) is 18.0 Å². The number of H-pyrrole nitrogens is 1. The average molecular weight is 288 g/mol. The van der Waals surface area contributed by atoms with Crippen molar-refractivity contribution < 1.29 is 19.4 Å². The highest BCUT2D eigenvalue weighted by Gasteiger charge is 2.15. The van der Waals surface area contributed by atoms with Gasteiger partial charge in [-0.25, -0.2) is 4.79 Å². The maximum atomic E-state index is 11.7. The minimum atomic E-state index is -1.12. The minimum Gasteiger partial charge on any atom is -0.477 e. The van der Waals surface area contributed by atoms with Gasteiger partial charge >= 0.3 is 5.97 Å². The van der Waals surface area contributed by atoms with Gasteiger partial charge in [-0.15, -0.1) is 0 Å². The third-order valence-electron chi connectivity index (χ3n) is 2.79. The van der Waals surface area contributed by atoms with Crippen molar-refractivity contribution in [2.24, 2.45) is 0 Å². The van der Waals surface area contributed by atoms with Crippen molar-refractivity contribution in [2.45, 2.75) is 13.5 Å². The van der Waals surface area contributed by atoms with E-state index in [1.165, 1.54) is 0 Å². The molecule has 1 amide bonds. The molecule has 21 heavy (non-hydrogen) atoms. The molecule has 0 saturated carbocycles. The Morgan fingerprint density at radius 2 is 2.00 bits per heavy atom. The molecule has 2 rings (SSSR count). The largest absolute Gasteiger partial charge is 0.477 e. The quantitative estimate of drug-likeness (QED) is 0.759. The molecule has 0 aliphatic rings. The number of amides is 1. The van der Waals surface area contributed by atoms with Crippen molar-refractivity contribution in [3.63, 3.8) is 0 Å². The van der Waals surface area contributed by atoms with Crippen LogP contribution in [0.4, 0.5) is 5.69 Å². The summed E-state index contributed by atoms with van der Waals surface area (Å²) >= 11 is 0. The molecule has 0 unspecified atom stereocenters. The second-order valence-corrected chi connectivity index (χ2v) is 4.57. The molecule has 1 aromatic heterocycles. The molecule has 1 aromatic carbocycles. The van der Waals surface area contributed by atoms with E-state index < -0.39 is 11.9 Å². The molecular weight excluding hydrogens is 272 g/mol. The smallest absolute Gasteiger partial charge is 0.354 e. The van der Waals surface area contributed by atoms with Gasteiger partial charge in [0.2, 0.25) is 5.91 Å². The van der Waals surface area contributed by atoms with Crippen LogP contribution in [0.3, 0.4) is 0 Å². The summed E-state index contributed by atoms with van der Waals surface area (Å²) in [6.07, 6.45) is 0. The third kappa shape index (κ3) is 4.19. The second-order valence-electron chi connectivity index (χ2n) is 4.57.